The van der Waals surface area contributed by atoms with Crippen LogP contribution in [0.5, 0.6) is 0 Å². The number of allylic oxidation sites excluding steroid dienone is 6. The molecule has 12 amide bonds. The van der Waals surface area contributed by atoms with Crippen molar-refractivity contribution >= 4 is 77.2 Å². The second-order valence-electron chi connectivity index (χ2n) is 31.5. The molecule has 1 rings (SSSR count). The van der Waals surface area contributed by atoms with Gasteiger partial charge in [-0.25, -0.2) is 0 Å². The maximum absolute atomic E-state index is 15.6. The quantitative estimate of drug-likeness (QED) is 0.0177. The van der Waals surface area contributed by atoms with Gasteiger partial charge in [0.25, 0.3) is 0 Å². The second-order valence-corrected chi connectivity index (χ2v) is 31.5. The number of nitrogens with one attached hydrogen (secondary N) is 5. The van der Waals surface area contributed by atoms with E-state index in [1.165, 1.54) is 111 Å². The van der Waals surface area contributed by atoms with Crippen LogP contribution in [0, 0.1) is 35.5 Å². The Kier molecular flexibility index (Phi) is 45.6. The van der Waals surface area contributed by atoms with Gasteiger partial charge in [-0.3, -0.25) is 57.5 Å². The molecule has 0 spiro atoms. The van der Waals surface area contributed by atoms with E-state index in [0.29, 0.717) is 49.9 Å². The molecule has 28 heteroatoms. The number of piperidine rings is 1. The van der Waals surface area contributed by atoms with Crippen molar-refractivity contribution in [2.75, 3.05) is 90.2 Å². The lowest BCUT2D eigenvalue weighted by Gasteiger charge is -2.38. The smallest absolute Gasteiger partial charge is 0.248 e. The van der Waals surface area contributed by atoms with E-state index in [1.54, 1.807) is 58.1 Å². The molecule has 0 aromatic rings. The first-order valence-electron chi connectivity index (χ1n) is 39.1. The molecule has 1 heterocycles. The Morgan fingerprint density at radius 1 is 0.518 bits per heavy atom. The lowest BCUT2D eigenvalue weighted by Crippen LogP contribution is -2.62. The van der Waals surface area contributed by atoms with E-state index >= 15 is 28.8 Å². The molecular formula is C82H139N13O15. The van der Waals surface area contributed by atoms with Crippen LogP contribution in [0.1, 0.15) is 180 Å². The number of methoxy groups -OCH3 is 1. The minimum Gasteiger partial charge on any atom is -0.504 e. The van der Waals surface area contributed by atoms with Gasteiger partial charge in [-0.1, -0.05) is 133 Å². The van der Waals surface area contributed by atoms with E-state index in [0.717, 1.165) is 22.5 Å². The van der Waals surface area contributed by atoms with Crippen LogP contribution in [-0.2, 0) is 67.1 Å². The largest absolute Gasteiger partial charge is 0.504 e. The summed E-state index contributed by atoms with van der Waals surface area (Å²) in [7, 11) is 14.7. The van der Waals surface area contributed by atoms with Gasteiger partial charge >= 0.3 is 0 Å². The summed E-state index contributed by atoms with van der Waals surface area (Å²) in [4.78, 5) is 198. The fraction of sp³-hybridized carbons (Fsp3) is 0.695. The fourth-order valence-electron chi connectivity index (χ4n) is 13.2. The minimum atomic E-state index is -1.75. The molecule has 6 N–H and O–H groups in total. The van der Waals surface area contributed by atoms with Crippen molar-refractivity contribution in [2.45, 2.75) is 246 Å². The Balaban J connectivity index is 4.07. The summed E-state index contributed by atoms with van der Waals surface area (Å²) in [6.07, 6.45) is 14.2. The van der Waals surface area contributed by atoms with E-state index in [1.807, 2.05) is 69.2 Å². The lowest BCUT2D eigenvalue weighted by atomic mass is 9.95. The predicted molar refractivity (Wildman–Crippen MR) is 430 cm³/mol. The molecule has 0 bridgehead atoms. The minimum absolute atomic E-state index is 0.000353. The average Bonchev–Trinajstić information content (AvgIpc) is 0.813. The summed E-state index contributed by atoms with van der Waals surface area (Å²) in [5, 5.41) is 25.7. The maximum atomic E-state index is 15.6. The van der Waals surface area contributed by atoms with Gasteiger partial charge in [0.2, 0.25) is 70.9 Å². The molecule has 5 unspecified atom stereocenters. The second kappa shape index (κ2) is 50.4. The van der Waals surface area contributed by atoms with Crippen LogP contribution in [0.2, 0.25) is 0 Å². The molecule has 1 aliphatic rings. The van der Waals surface area contributed by atoms with Crippen LogP contribution in [0.25, 0.3) is 0 Å². The molecule has 0 saturated carbocycles. The van der Waals surface area contributed by atoms with Gasteiger partial charge in [0.05, 0.1) is 38.0 Å². The average molecular weight is 1550 g/mol. The van der Waals surface area contributed by atoms with Gasteiger partial charge < -0.3 is 80.4 Å². The first-order valence-corrected chi connectivity index (χ1v) is 39.1. The summed E-state index contributed by atoms with van der Waals surface area (Å²) in [6, 6.07) is -12.3. The molecule has 0 aromatic heterocycles. The number of hydrogen-bond donors (Lipinski definition) is 6. The number of ether oxygens (including phenoxy) is 1. The number of rotatable bonds is 49. The Hall–Kier alpha value is -8.53. The Bertz CT molecular complexity index is 3170. The summed E-state index contributed by atoms with van der Waals surface area (Å²) >= 11 is 0. The standard InChI is InChI=1S/C82H139N13O15/c1-26-34-59(28-3)49-68(94(24)81(108)72(84-17)57(14)27-2)80(107)92(22)64(44-53(6)7)74(101)85-62(48-60(35-33-42-110-25)37-38-69(98)83-16)77(104)90(20)66(46-55(10)11)76(103)87-73(58(15)97)82(109)93(23)67(47-56(12)13)79(106)91(21)65(45-54(8)9)75(102)86-63(78(105)95-40-30-29-31-41-95)50-71(100)88(18)39-32-36-70(99)89(19)61(51-96)43-52(4)5/h26,28,33-35,37-38,42,51-58,61-68,72-73,84,97H,1,3,27,29-32,36,39-41,43-50H2,2,4-25H3,(H,83,98)(H,85,101)(H,86,102)(H,87,103)/b38-37+,42-33+,59-34+,60-35+/t57?,58?,61-,62-,63?,64?,65-,66-,67-,68-,72-,73?/m0/s1. The van der Waals surface area contributed by atoms with Gasteiger partial charge in [0.1, 0.15) is 54.6 Å². The maximum Gasteiger partial charge on any atom is 0.248 e. The van der Waals surface area contributed by atoms with Crippen LogP contribution in [-0.4, -0.2) is 278 Å². The predicted octanol–water partition coefficient (Wildman–Crippen LogP) is 5.96. The van der Waals surface area contributed by atoms with Crippen LogP contribution >= 0.6 is 0 Å². The van der Waals surface area contributed by atoms with E-state index in [4.69, 9.17) is 4.74 Å². The molecule has 1 fully saturated rings. The number of nitrogens with zero attached hydrogens (tertiary/aromatic N) is 8. The summed E-state index contributed by atoms with van der Waals surface area (Å²) in [5.74, 6) is -8.42. The number of aldehydes is 1. The van der Waals surface area contributed by atoms with Gasteiger partial charge in [0, 0.05) is 101 Å². The fourth-order valence-corrected chi connectivity index (χ4v) is 13.2. The number of carbonyl (C=O) groups excluding carboxylic acids is 13. The van der Waals surface area contributed by atoms with Crippen molar-refractivity contribution in [3.05, 3.63) is 73.1 Å². The van der Waals surface area contributed by atoms with E-state index in [-0.39, 0.29) is 105 Å². The number of likely N-dealkylation sites (N-methyl/N-ethyl adjacent to an activating group) is 8. The monoisotopic (exact) mass is 1550 g/mol. The van der Waals surface area contributed by atoms with Crippen LogP contribution in [0.15, 0.2) is 73.1 Å². The molecule has 12 atom stereocenters. The number of aliphatic hydroxyl groups excluding tert-OH is 1. The molecule has 1 aliphatic heterocycles. The van der Waals surface area contributed by atoms with Gasteiger partial charge in [0.15, 0.2) is 0 Å². The molecule has 0 aromatic carbocycles. The zero-order valence-electron chi connectivity index (χ0n) is 70.7. The molecular weight excluding hydrogens is 1410 g/mol. The molecule has 110 heavy (non-hydrogen) atoms. The van der Waals surface area contributed by atoms with Crippen molar-refractivity contribution in [1.29, 1.82) is 0 Å². The highest BCUT2D eigenvalue weighted by Crippen LogP contribution is 2.26. The van der Waals surface area contributed by atoms with E-state index < -0.39 is 132 Å². The van der Waals surface area contributed by atoms with Crippen LogP contribution < -0.4 is 26.6 Å². The van der Waals surface area contributed by atoms with Crippen LogP contribution in [0.3, 0.4) is 0 Å². The lowest BCUT2D eigenvalue weighted by molar-refractivity contribution is -0.152. The highest BCUT2D eigenvalue weighted by molar-refractivity contribution is 5.99. The molecule has 622 valence electrons. The third-order valence-electron chi connectivity index (χ3n) is 20.2. The van der Waals surface area contributed by atoms with Gasteiger partial charge in [-0.15, -0.1) is 0 Å². The first kappa shape index (κ1) is 99.5. The Morgan fingerprint density at radius 3 is 1.44 bits per heavy atom. The SMILES string of the molecule is C=C/C=C(\C=C)C[C@@H](C(=O)N(C)C(CC(C)C)C(=O)N[C@@H](CC(=C/C=C/OC)/C=C/C(=O)NC)C(=O)N(C)[C@@H](CC(C)C)C(=O)NC(C(=O)N(C)[C@@H](CC(C)C)C(=O)N(C)[C@@H](CC(C)C)C(=O)NC(CC(=O)N(C)CCCC(=O)N(C)[C@H](C=O)CC(C)C)C(=O)N1CCCCC1)C(C)O)N(C)C(=O)[C@@H](NC)C(C)CC. The first-order chi connectivity index (χ1) is 51.5. The highest BCUT2D eigenvalue weighted by atomic mass is 16.5. The van der Waals surface area contributed by atoms with Crippen molar-refractivity contribution in [2.24, 2.45) is 35.5 Å². The Morgan fingerprint density at radius 2 is 0.982 bits per heavy atom. The van der Waals surface area contributed by atoms with Crippen molar-refractivity contribution in [3.63, 3.8) is 0 Å². The zero-order valence-corrected chi connectivity index (χ0v) is 70.7. The molecule has 0 aliphatic carbocycles. The van der Waals surface area contributed by atoms with Gasteiger partial charge in [-0.05, 0) is 124 Å². The number of likely N-dealkylation sites (tertiary alicyclic amines) is 1. The number of aliphatic hydroxyl groups is 1. The highest BCUT2D eigenvalue weighted by Gasteiger charge is 2.44. The topological polar surface area (TPSA) is 337 Å². The van der Waals surface area contributed by atoms with Crippen molar-refractivity contribution in [1.82, 2.24) is 65.8 Å². The van der Waals surface area contributed by atoms with Crippen molar-refractivity contribution in [3.8, 4) is 0 Å². The third-order valence-corrected chi connectivity index (χ3v) is 20.2. The Labute approximate surface area is 657 Å². The summed E-state index contributed by atoms with van der Waals surface area (Å²) in [6.45, 7) is 32.4. The molecule has 28 nitrogen and oxygen atoms in total. The summed E-state index contributed by atoms with van der Waals surface area (Å²) < 4.78 is 5.17. The molecule has 1 saturated heterocycles. The third kappa shape index (κ3) is 32.4. The zero-order chi connectivity index (χ0) is 84.1. The molecule has 0 radical (unpaired) electrons. The van der Waals surface area contributed by atoms with Crippen molar-refractivity contribution < 1.29 is 72.2 Å². The van der Waals surface area contributed by atoms with Crippen LogP contribution in [0.4, 0.5) is 0 Å². The van der Waals surface area contributed by atoms with E-state index in [2.05, 4.69) is 39.7 Å². The summed E-state index contributed by atoms with van der Waals surface area (Å²) in [5.41, 5.74) is 0.911. The van der Waals surface area contributed by atoms with Gasteiger partial charge in [-0.2, -0.15) is 0 Å². The number of carbonyl (C=O) groups is 13. The number of hydrogen-bond acceptors (Lipinski definition) is 16. The van der Waals surface area contributed by atoms with E-state index in [9.17, 15) is 38.7 Å². The normalized spacial score (nSPS) is 16.1. The number of amides is 12.